The van der Waals surface area contributed by atoms with Crippen molar-refractivity contribution in [2.24, 2.45) is 0 Å². The summed E-state index contributed by atoms with van der Waals surface area (Å²) in [5.74, 6) is 0.0515. The van der Waals surface area contributed by atoms with Gasteiger partial charge in [0.15, 0.2) is 12.4 Å². The van der Waals surface area contributed by atoms with Crippen LogP contribution in [0.25, 0.3) is 0 Å². The third-order valence-electron chi connectivity index (χ3n) is 3.24. The number of amides is 1. The van der Waals surface area contributed by atoms with Crippen LogP contribution in [-0.2, 0) is 11.3 Å². The molecule has 0 aliphatic heterocycles. The molecule has 2 aromatic carbocycles. The first-order valence-electron chi connectivity index (χ1n) is 7.18. The Balaban J connectivity index is 1.95. The Kier molecular flexibility index (Phi) is 5.94. The molecule has 0 aliphatic rings. The molecule has 0 saturated heterocycles. The van der Waals surface area contributed by atoms with Gasteiger partial charge in [0.2, 0.25) is 5.91 Å². The number of ether oxygens (including phenoxy) is 1. The maximum Gasteiger partial charge on any atom is 0.217 e. The Bertz CT molecular complexity index is 795. The SMILES string of the molecule is CC(=O)NCc1ccc(C(=O)COc2ccc(C#N)cc2Cl)cc1. The zero-order chi connectivity index (χ0) is 17.5. The molecule has 0 fully saturated rings. The monoisotopic (exact) mass is 342 g/mol. The Morgan fingerprint density at radius 2 is 1.92 bits per heavy atom. The number of hydrogen-bond donors (Lipinski definition) is 1. The maximum absolute atomic E-state index is 12.1. The number of nitrogens with one attached hydrogen (secondary N) is 1. The average Bonchev–Trinajstić information content (AvgIpc) is 2.59. The molecule has 0 radical (unpaired) electrons. The molecule has 0 unspecified atom stereocenters. The van der Waals surface area contributed by atoms with Crippen LogP contribution in [0.4, 0.5) is 0 Å². The molecule has 0 spiro atoms. The molecule has 0 atom stereocenters. The van der Waals surface area contributed by atoms with Crippen molar-refractivity contribution in [3.05, 3.63) is 64.2 Å². The van der Waals surface area contributed by atoms with Crippen LogP contribution < -0.4 is 10.1 Å². The van der Waals surface area contributed by atoms with Crippen LogP contribution in [0, 0.1) is 11.3 Å². The van der Waals surface area contributed by atoms with E-state index in [1.807, 2.05) is 6.07 Å². The minimum absolute atomic E-state index is 0.108. The number of ketones is 1. The van der Waals surface area contributed by atoms with E-state index in [-0.39, 0.29) is 23.3 Å². The van der Waals surface area contributed by atoms with E-state index >= 15 is 0 Å². The first-order chi connectivity index (χ1) is 11.5. The number of Topliss-reactive ketones (excluding diaryl/α,β-unsaturated/α-hetero) is 1. The maximum atomic E-state index is 12.1. The summed E-state index contributed by atoms with van der Waals surface area (Å²) >= 11 is 6.00. The highest BCUT2D eigenvalue weighted by molar-refractivity contribution is 6.32. The zero-order valence-electron chi connectivity index (χ0n) is 13.0. The van der Waals surface area contributed by atoms with Crippen LogP contribution in [0.2, 0.25) is 5.02 Å². The molecule has 122 valence electrons. The van der Waals surface area contributed by atoms with E-state index in [1.54, 1.807) is 36.4 Å². The molecule has 5 nitrogen and oxygen atoms in total. The first-order valence-corrected chi connectivity index (χ1v) is 7.56. The van der Waals surface area contributed by atoms with Gasteiger partial charge in [-0.05, 0) is 23.8 Å². The highest BCUT2D eigenvalue weighted by Crippen LogP contribution is 2.25. The second-order valence-corrected chi connectivity index (χ2v) is 5.48. The van der Waals surface area contributed by atoms with Crippen LogP contribution in [0.3, 0.4) is 0 Å². The van der Waals surface area contributed by atoms with Crippen molar-refractivity contribution in [1.29, 1.82) is 5.26 Å². The summed E-state index contributed by atoms with van der Waals surface area (Å²) < 4.78 is 5.41. The highest BCUT2D eigenvalue weighted by Gasteiger charge is 2.09. The Hall–Kier alpha value is -2.84. The number of rotatable bonds is 6. The van der Waals surface area contributed by atoms with Crippen molar-refractivity contribution in [2.45, 2.75) is 13.5 Å². The van der Waals surface area contributed by atoms with Gasteiger partial charge in [-0.25, -0.2) is 0 Å². The number of carbonyl (C=O) groups is 2. The molecule has 2 rings (SSSR count). The van der Waals surface area contributed by atoms with E-state index in [0.29, 0.717) is 23.4 Å². The molecule has 0 bridgehead atoms. The molecule has 1 amide bonds. The molecule has 1 N–H and O–H groups in total. The van der Waals surface area contributed by atoms with Crippen LogP contribution in [0.1, 0.15) is 28.4 Å². The van der Waals surface area contributed by atoms with Crippen molar-refractivity contribution >= 4 is 23.3 Å². The van der Waals surface area contributed by atoms with Gasteiger partial charge in [0.05, 0.1) is 16.7 Å². The normalized spacial score (nSPS) is 9.88. The predicted molar refractivity (Wildman–Crippen MR) is 90.0 cm³/mol. The summed E-state index contributed by atoms with van der Waals surface area (Å²) in [6.45, 7) is 1.71. The fourth-order valence-corrected chi connectivity index (χ4v) is 2.18. The summed E-state index contributed by atoms with van der Waals surface area (Å²) in [6.07, 6.45) is 0. The quantitative estimate of drug-likeness (QED) is 0.818. The number of halogens is 1. The first kappa shape index (κ1) is 17.5. The fraction of sp³-hybridized carbons (Fsp3) is 0.167. The minimum Gasteiger partial charge on any atom is -0.484 e. The van der Waals surface area contributed by atoms with Crippen molar-refractivity contribution < 1.29 is 14.3 Å². The van der Waals surface area contributed by atoms with E-state index in [9.17, 15) is 9.59 Å². The zero-order valence-corrected chi connectivity index (χ0v) is 13.8. The molecular formula is C18H15ClN2O3. The lowest BCUT2D eigenvalue weighted by atomic mass is 10.1. The lowest BCUT2D eigenvalue weighted by Gasteiger charge is -2.08. The van der Waals surface area contributed by atoms with Crippen molar-refractivity contribution in [2.75, 3.05) is 6.61 Å². The summed E-state index contributed by atoms with van der Waals surface area (Å²) in [4.78, 5) is 23.0. The summed E-state index contributed by atoms with van der Waals surface area (Å²) in [5, 5.41) is 11.8. The smallest absolute Gasteiger partial charge is 0.217 e. The van der Waals surface area contributed by atoms with Gasteiger partial charge in [0.1, 0.15) is 5.75 Å². The predicted octanol–water partition coefficient (Wildman–Crippen LogP) is 3.11. The standard InChI is InChI=1S/C18H15ClN2O3/c1-12(22)21-10-13-2-5-15(6-3-13)17(23)11-24-18-7-4-14(9-20)8-16(18)19/h2-8H,10-11H2,1H3,(H,21,22). The largest absolute Gasteiger partial charge is 0.484 e. The highest BCUT2D eigenvalue weighted by atomic mass is 35.5. The molecule has 24 heavy (non-hydrogen) atoms. The lowest BCUT2D eigenvalue weighted by Crippen LogP contribution is -2.19. The van der Waals surface area contributed by atoms with Crippen LogP contribution in [-0.4, -0.2) is 18.3 Å². The Morgan fingerprint density at radius 1 is 1.21 bits per heavy atom. The van der Waals surface area contributed by atoms with Crippen LogP contribution in [0.5, 0.6) is 5.75 Å². The van der Waals surface area contributed by atoms with Crippen molar-refractivity contribution in [1.82, 2.24) is 5.32 Å². The molecule has 6 heteroatoms. The van der Waals surface area contributed by atoms with Gasteiger partial charge in [0.25, 0.3) is 0 Å². The second kappa shape index (κ2) is 8.14. The summed E-state index contributed by atoms with van der Waals surface area (Å²) in [7, 11) is 0. The number of benzene rings is 2. The van der Waals surface area contributed by atoms with Gasteiger partial charge in [0, 0.05) is 19.0 Å². The van der Waals surface area contributed by atoms with Gasteiger partial charge in [-0.3, -0.25) is 9.59 Å². The van der Waals surface area contributed by atoms with Crippen LogP contribution in [0.15, 0.2) is 42.5 Å². The van der Waals surface area contributed by atoms with Gasteiger partial charge in [-0.1, -0.05) is 35.9 Å². The van der Waals surface area contributed by atoms with Gasteiger partial charge in [-0.2, -0.15) is 5.26 Å². The summed E-state index contributed by atoms with van der Waals surface area (Å²) in [5.41, 5.74) is 1.83. The van der Waals surface area contributed by atoms with Crippen LogP contribution >= 0.6 is 11.6 Å². The number of nitriles is 1. The lowest BCUT2D eigenvalue weighted by molar-refractivity contribution is -0.119. The molecule has 0 aliphatic carbocycles. The molecule has 2 aromatic rings. The van der Waals surface area contributed by atoms with E-state index in [1.165, 1.54) is 13.0 Å². The van der Waals surface area contributed by atoms with Crippen molar-refractivity contribution in [3.63, 3.8) is 0 Å². The molecule has 0 heterocycles. The number of carbonyl (C=O) groups excluding carboxylic acids is 2. The van der Waals surface area contributed by atoms with E-state index in [2.05, 4.69) is 5.32 Å². The molecular weight excluding hydrogens is 328 g/mol. The Morgan fingerprint density at radius 3 is 2.50 bits per heavy atom. The van der Waals surface area contributed by atoms with E-state index in [4.69, 9.17) is 21.6 Å². The third kappa shape index (κ3) is 4.83. The topological polar surface area (TPSA) is 79.2 Å². The summed E-state index contributed by atoms with van der Waals surface area (Å²) in [6, 6.07) is 13.5. The number of nitrogens with zero attached hydrogens (tertiary/aromatic N) is 1. The average molecular weight is 343 g/mol. The van der Waals surface area contributed by atoms with Crippen molar-refractivity contribution in [3.8, 4) is 11.8 Å². The third-order valence-corrected chi connectivity index (χ3v) is 3.53. The molecule has 0 aromatic heterocycles. The van der Waals surface area contributed by atoms with Gasteiger partial charge < -0.3 is 10.1 Å². The van der Waals surface area contributed by atoms with Gasteiger partial charge in [-0.15, -0.1) is 0 Å². The number of hydrogen-bond acceptors (Lipinski definition) is 4. The molecule has 0 saturated carbocycles. The minimum atomic E-state index is -0.193. The fourth-order valence-electron chi connectivity index (χ4n) is 1.95. The Labute approximate surface area is 144 Å². The van der Waals surface area contributed by atoms with E-state index < -0.39 is 0 Å². The second-order valence-electron chi connectivity index (χ2n) is 5.08. The van der Waals surface area contributed by atoms with E-state index in [0.717, 1.165) is 5.56 Å². The van der Waals surface area contributed by atoms with Gasteiger partial charge >= 0.3 is 0 Å².